The van der Waals surface area contributed by atoms with Gasteiger partial charge in [0.25, 0.3) is 0 Å². The van der Waals surface area contributed by atoms with Gasteiger partial charge in [0.05, 0.1) is 5.69 Å². The maximum absolute atomic E-state index is 5.97. The van der Waals surface area contributed by atoms with Gasteiger partial charge in [-0.15, -0.1) is 0 Å². The number of ether oxygens (including phenoxy) is 1. The maximum Gasteiger partial charge on any atom is 0.132 e. The summed E-state index contributed by atoms with van der Waals surface area (Å²) in [5, 5.41) is 0. The first-order valence-corrected chi connectivity index (χ1v) is 7.08. The zero-order valence-corrected chi connectivity index (χ0v) is 11.5. The molecular weight excluding hydrogens is 240 g/mol. The van der Waals surface area contributed by atoms with Gasteiger partial charge >= 0.3 is 0 Å². The van der Waals surface area contributed by atoms with Crippen LogP contribution in [-0.4, -0.2) is 42.3 Å². The average molecular weight is 262 g/mol. The normalized spacial score (nSPS) is 26.6. The third-order valence-electron chi connectivity index (χ3n) is 4.42. The van der Waals surface area contributed by atoms with E-state index in [1.54, 1.807) is 6.33 Å². The van der Waals surface area contributed by atoms with E-state index in [0.29, 0.717) is 0 Å². The zero-order valence-electron chi connectivity index (χ0n) is 11.5. The third kappa shape index (κ3) is 2.58. The highest BCUT2D eigenvalue weighted by Gasteiger charge is 2.31. The predicted molar refractivity (Wildman–Crippen MR) is 74.2 cm³/mol. The van der Waals surface area contributed by atoms with Crippen LogP contribution in [0.3, 0.4) is 0 Å². The summed E-state index contributed by atoms with van der Waals surface area (Å²) in [5.41, 5.74) is 7.23. The van der Waals surface area contributed by atoms with E-state index in [9.17, 15) is 0 Å². The number of aromatic nitrogens is 2. The fourth-order valence-electron chi connectivity index (χ4n) is 2.92. The van der Waals surface area contributed by atoms with E-state index in [4.69, 9.17) is 10.5 Å². The van der Waals surface area contributed by atoms with E-state index < -0.39 is 0 Å². The molecule has 3 heterocycles. The summed E-state index contributed by atoms with van der Waals surface area (Å²) >= 11 is 0. The van der Waals surface area contributed by atoms with Gasteiger partial charge in [-0.3, -0.25) is 0 Å². The number of hydrogen-bond acceptors (Lipinski definition) is 5. The van der Waals surface area contributed by atoms with Gasteiger partial charge in [0.15, 0.2) is 0 Å². The van der Waals surface area contributed by atoms with Crippen molar-refractivity contribution in [3.8, 4) is 0 Å². The second kappa shape index (κ2) is 5.06. The fraction of sp³-hybridized carbons (Fsp3) is 0.714. The highest BCUT2D eigenvalue weighted by molar-refractivity contribution is 5.42. The van der Waals surface area contributed by atoms with Gasteiger partial charge in [-0.1, -0.05) is 6.92 Å². The quantitative estimate of drug-likeness (QED) is 0.864. The second-order valence-corrected chi connectivity index (χ2v) is 5.93. The Morgan fingerprint density at radius 2 is 2.16 bits per heavy atom. The van der Waals surface area contributed by atoms with Crippen LogP contribution in [-0.2, 0) is 10.2 Å². The molecule has 0 bridgehead atoms. The minimum atomic E-state index is 0.123. The van der Waals surface area contributed by atoms with E-state index in [1.807, 2.05) is 0 Å². The molecule has 0 spiro atoms. The summed E-state index contributed by atoms with van der Waals surface area (Å²) in [6.45, 7) is 5.82. The van der Waals surface area contributed by atoms with Crippen molar-refractivity contribution in [2.75, 3.05) is 31.2 Å². The van der Waals surface area contributed by atoms with Gasteiger partial charge in [0.2, 0.25) is 0 Å². The first kappa shape index (κ1) is 12.8. The lowest BCUT2D eigenvalue weighted by Gasteiger charge is -2.33. The predicted octanol–water partition coefficient (Wildman–Crippen LogP) is 1.08. The monoisotopic (exact) mass is 262 g/mol. The van der Waals surface area contributed by atoms with Gasteiger partial charge in [0, 0.05) is 43.8 Å². The van der Waals surface area contributed by atoms with Crippen molar-refractivity contribution in [2.45, 2.75) is 37.6 Å². The van der Waals surface area contributed by atoms with Crippen LogP contribution in [0.5, 0.6) is 0 Å². The fourth-order valence-corrected chi connectivity index (χ4v) is 2.92. The summed E-state index contributed by atoms with van der Waals surface area (Å²) < 4.78 is 5.46. The Bertz CT molecular complexity index is 445. The standard InChI is InChI=1S/C14H22N4O/c1-14(3-6-19-7-4-14)12-8-13(17-10-16-12)18-5-2-11(15)9-18/h8,10-11H,2-7,9,15H2,1H3/t11-/m1/s1. The van der Waals surface area contributed by atoms with E-state index in [1.165, 1.54) is 0 Å². The first-order valence-electron chi connectivity index (χ1n) is 7.08. The first-order chi connectivity index (χ1) is 9.17. The van der Waals surface area contributed by atoms with Crippen LogP contribution in [0.15, 0.2) is 12.4 Å². The molecule has 0 aromatic carbocycles. The van der Waals surface area contributed by atoms with Gasteiger partial charge in [-0.05, 0) is 19.3 Å². The molecule has 2 aliphatic heterocycles. The van der Waals surface area contributed by atoms with E-state index >= 15 is 0 Å². The van der Waals surface area contributed by atoms with Gasteiger partial charge < -0.3 is 15.4 Å². The minimum absolute atomic E-state index is 0.123. The highest BCUT2D eigenvalue weighted by atomic mass is 16.5. The Hall–Kier alpha value is -1.20. The number of hydrogen-bond donors (Lipinski definition) is 1. The Kier molecular flexibility index (Phi) is 3.41. The molecule has 19 heavy (non-hydrogen) atoms. The molecule has 0 radical (unpaired) electrons. The smallest absolute Gasteiger partial charge is 0.132 e. The maximum atomic E-state index is 5.97. The van der Waals surface area contributed by atoms with Crippen molar-refractivity contribution >= 4 is 5.82 Å². The molecule has 0 aliphatic carbocycles. The van der Waals surface area contributed by atoms with E-state index in [2.05, 4.69) is 27.9 Å². The highest BCUT2D eigenvalue weighted by Crippen LogP contribution is 2.34. The molecule has 1 atom stereocenters. The lowest BCUT2D eigenvalue weighted by Crippen LogP contribution is -2.32. The van der Waals surface area contributed by atoms with Crippen molar-refractivity contribution in [1.29, 1.82) is 0 Å². The Morgan fingerprint density at radius 3 is 2.84 bits per heavy atom. The number of nitrogens with zero attached hydrogens (tertiary/aromatic N) is 3. The lowest BCUT2D eigenvalue weighted by molar-refractivity contribution is 0.0550. The van der Waals surface area contributed by atoms with Crippen molar-refractivity contribution in [3.05, 3.63) is 18.1 Å². The van der Waals surface area contributed by atoms with Crippen molar-refractivity contribution < 1.29 is 4.74 Å². The molecule has 2 saturated heterocycles. The van der Waals surface area contributed by atoms with Gasteiger partial charge in [-0.25, -0.2) is 9.97 Å². The van der Waals surface area contributed by atoms with Crippen LogP contribution in [0.4, 0.5) is 5.82 Å². The molecule has 5 heteroatoms. The van der Waals surface area contributed by atoms with Crippen LogP contribution in [0, 0.1) is 0 Å². The molecule has 3 rings (SSSR count). The molecule has 0 amide bonds. The summed E-state index contributed by atoms with van der Waals surface area (Å²) in [7, 11) is 0. The van der Waals surface area contributed by atoms with Crippen molar-refractivity contribution in [1.82, 2.24) is 9.97 Å². The van der Waals surface area contributed by atoms with E-state index in [0.717, 1.165) is 57.1 Å². The second-order valence-electron chi connectivity index (χ2n) is 5.93. The molecule has 0 unspecified atom stereocenters. The Labute approximate surface area is 114 Å². The van der Waals surface area contributed by atoms with Gasteiger partial charge in [-0.2, -0.15) is 0 Å². The van der Waals surface area contributed by atoms with E-state index in [-0.39, 0.29) is 11.5 Å². The van der Waals surface area contributed by atoms with Gasteiger partial charge in [0.1, 0.15) is 12.1 Å². The number of anilines is 1. The number of nitrogens with two attached hydrogens (primary N) is 1. The zero-order chi connectivity index (χ0) is 13.3. The Morgan fingerprint density at radius 1 is 1.37 bits per heavy atom. The average Bonchev–Trinajstić information content (AvgIpc) is 2.87. The Balaban J connectivity index is 1.83. The molecule has 1 aromatic rings. The summed E-state index contributed by atoms with van der Waals surface area (Å²) in [6.07, 6.45) is 4.80. The molecular formula is C14H22N4O. The minimum Gasteiger partial charge on any atom is -0.381 e. The third-order valence-corrected chi connectivity index (χ3v) is 4.42. The van der Waals surface area contributed by atoms with Crippen LogP contribution >= 0.6 is 0 Å². The molecule has 5 nitrogen and oxygen atoms in total. The molecule has 2 N–H and O–H groups in total. The number of rotatable bonds is 2. The van der Waals surface area contributed by atoms with Crippen LogP contribution in [0.25, 0.3) is 0 Å². The SMILES string of the molecule is CC1(c2cc(N3CC[C@@H](N)C3)ncn2)CCOCC1. The summed E-state index contributed by atoms with van der Waals surface area (Å²) in [5.74, 6) is 1.02. The van der Waals surface area contributed by atoms with Crippen molar-refractivity contribution in [3.63, 3.8) is 0 Å². The summed E-state index contributed by atoms with van der Waals surface area (Å²) in [6, 6.07) is 2.42. The molecule has 1 aromatic heterocycles. The van der Waals surface area contributed by atoms with Crippen LogP contribution in [0.1, 0.15) is 31.9 Å². The topological polar surface area (TPSA) is 64.3 Å². The van der Waals surface area contributed by atoms with Crippen molar-refractivity contribution in [2.24, 2.45) is 5.73 Å². The van der Waals surface area contributed by atoms with Crippen LogP contribution in [0.2, 0.25) is 0 Å². The van der Waals surface area contributed by atoms with Crippen LogP contribution < -0.4 is 10.6 Å². The molecule has 104 valence electrons. The molecule has 2 fully saturated rings. The lowest BCUT2D eigenvalue weighted by atomic mass is 9.79. The summed E-state index contributed by atoms with van der Waals surface area (Å²) in [4.78, 5) is 11.2. The molecule has 2 aliphatic rings. The largest absolute Gasteiger partial charge is 0.381 e. The molecule has 0 saturated carbocycles.